The highest BCUT2D eigenvalue weighted by molar-refractivity contribution is 6.33. The van der Waals surface area contributed by atoms with Crippen LogP contribution in [0.3, 0.4) is 0 Å². The molecule has 29 heavy (non-hydrogen) atoms. The number of hydrogen-bond acceptors (Lipinski definition) is 5. The van der Waals surface area contributed by atoms with Gasteiger partial charge in [0.15, 0.2) is 11.6 Å². The van der Waals surface area contributed by atoms with Gasteiger partial charge in [0.05, 0.1) is 10.7 Å². The van der Waals surface area contributed by atoms with Crippen molar-refractivity contribution >= 4 is 28.9 Å². The molecule has 3 rings (SSSR count). The van der Waals surface area contributed by atoms with Crippen LogP contribution < -0.4 is 10.5 Å². The number of benzene rings is 2. The second-order valence-corrected chi connectivity index (χ2v) is 8.69. The lowest BCUT2D eigenvalue weighted by molar-refractivity contribution is -0.184. The third-order valence-electron chi connectivity index (χ3n) is 5.24. The van der Waals surface area contributed by atoms with E-state index in [1.54, 1.807) is 52.0 Å². The number of ether oxygens (including phenoxy) is 2. The monoisotopic (exact) mass is 415 g/mol. The standard InChI is InChI=1S/C23H26ClNO4/c1-6-13-7-8-14(28-15-9-10-18(25)17(24)12-15)11-16(13)19-20(26)22(2,3)29-23(4,5)21(19)27/h7-12,19H,6,25H2,1-5H3. The molecule has 0 unspecified atom stereocenters. The van der Waals surface area contributed by atoms with Crippen LogP contribution in [-0.2, 0) is 20.7 Å². The molecule has 2 N–H and O–H groups in total. The number of anilines is 1. The van der Waals surface area contributed by atoms with Crippen LogP contribution >= 0.6 is 11.6 Å². The van der Waals surface area contributed by atoms with E-state index in [9.17, 15) is 9.59 Å². The Labute approximate surface area is 176 Å². The molecule has 1 heterocycles. The van der Waals surface area contributed by atoms with Gasteiger partial charge in [-0.15, -0.1) is 0 Å². The molecule has 0 aromatic heterocycles. The number of carbonyl (C=O) groups excluding carboxylic acids is 2. The maximum atomic E-state index is 13.1. The summed E-state index contributed by atoms with van der Waals surface area (Å²) in [5, 5.41) is 0.395. The minimum Gasteiger partial charge on any atom is -0.457 e. The van der Waals surface area contributed by atoms with E-state index in [1.807, 2.05) is 19.1 Å². The number of aryl methyl sites for hydroxylation is 1. The van der Waals surface area contributed by atoms with Crippen molar-refractivity contribution in [2.45, 2.75) is 58.2 Å². The van der Waals surface area contributed by atoms with Crippen molar-refractivity contribution in [3.63, 3.8) is 0 Å². The highest BCUT2D eigenvalue weighted by Gasteiger charge is 2.53. The molecule has 0 radical (unpaired) electrons. The van der Waals surface area contributed by atoms with Crippen LogP contribution in [0.2, 0.25) is 5.02 Å². The lowest BCUT2D eigenvalue weighted by Crippen LogP contribution is -2.58. The summed E-state index contributed by atoms with van der Waals surface area (Å²) >= 11 is 6.07. The Bertz CT molecular complexity index is 955. The Hall–Kier alpha value is -2.37. The summed E-state index contributed by atoms with van der Waals surface area (Å²) in [7, 11) is 0. The molecule has 0 atom stereocenters. The first-order chi connectivity index (χ1) is 13.5. The number of Topliss-reactive ketones (excluding diaryl/α,β-unsaturated/α-hetero) is 2. The maximum absolute atomic E-state index is 13.1. The van der Waals surface area contributed by atoms with Crippen molar-refractivity contribution in [3.05, 3.63) is 52.5 Å². The Morgan fingerprint density at radius 3 is 2.10 bits per heavy atom. The van der Waals surface area contributed by atoms with Gasteiger partial charge in [0.2, 0.25) is 0 Å². The molecule has 0 saturated carbocycles. The molecular weight excluding hydrogens is 390 g/mol. The Balaban J connectivity index is 2.05. The van der Waals surface area contributed by atoms with Crippen molar-refractivity contribution in [2.24, 2.45) is 0 Å². The molecule has 2 aromatic carbocycles. The second-order valence-electron chi connectivity index (χ2n) is 8.28. The first kappa shape index (κ1) is 21.3. The number of nitrogen functional groups attached to an aromatic ring is 1. The van der Waals surface area contributed by atoms with E-state index < -0.39 is 17.1 Å². The summed E-state index contributed by atoms with van der Waals surface area (Å²) in [6.07, 6.45) is 0.683. The first-order valence-corrected chi connectivity index (χ1v) is 9.98. The summed E-state index contributed by atoms with van der Waals surface area (Å²) in [5.74, 6) is -0.360. The van der Waals surface area contributed by atoms with E-state index in [4.69, 9.17) is 26.8 Å². The van der Waals surface area contributed by atoms with E-state index >= 15 is 0 Å². The first-order valence-electron chi connectivity index (χ1n) is 9.61. The fraction of sp³-hybridized carbons (Fsp3) is 0.391. The summed E-state index contributed by atoms with van der Waals surface area (Å²) in [5.41, 5.74) is 5.67. The number of ketones is 2. The number of rotatable bonds is 4. The van der Waals surface area contributed by atoms with Gasteiger partial charge in [-0.1, -0.05) is 24.6 Å². The van der Waals surface area contributed by atoms with E-state index in [0.717, 1.165) is 5.56 Å². The van der Waals surface area contributed by atoms with Gasteiger partial charge < -0.3 is 15.2 Å². The molecule has 1 aliphatic heterocycles. The van der Waals surface area contributed by atoms with Crippen molar-refractivity contribution in [2.75, 3.05) is 5.73 Å². The fourth-order valence-corrected chi connectivity index (χ4v) is 3.94. The summed E-state index contributed by atoms with van der Waals surface area (Å²) in [6.45, 7) is 8.82. The van der Waals surface area contributed by atoms with Crippen molar-refractivity contribution in [3.8, 4) is 11.5 Å². The SMILES string of the molecule is CCc1ccc(Oc2ccc(N)c(Cl)c2)cc1C1C(=O)C(C)(C)OC(C)(C)C1=O. The smallest absolute Gasteiger partial charge is 0.179 e. The normalized spacial score (nSPS) is 18.7. The Kier molecular flexibility index (Phi) is 5.50. The molecular formula is C23H26ClNO4. The highest BCUT2D eigenvalue weighted by Crippen LogP contribution is 2.41. The number of carbonyl (C=O) groups is 2. The molecule has 2 aromatic rings. The van der Waals surface area contributed by atoms with Crippen LogP contribution in [0, 0.1) is 0 Å². The zero-order valence-corrected chi connectivity index (χ0v) is 18.1. The van der Waals surface area contributed by atoms with Gasteiger partial charge >= 0.3 is 0 Å². The molecule has 6 heteroatoms. The topological polar surface area (TPSA) is 78.6 Å². The van der Waals surface area contributed by atoms with Crippen LogP contribution in [0.15, 0.2) is 36.4 Å². The molecule has 154 valence electrons. The van der Waals surface area contributed by atoms with E-state index in [1.165, 1.54) is 0 Å². The van der Waals surface area contributed by atoms with Crippen molar-refractivity contribution in [1.29, 1.82) is 0 Å². The van der Waals surface area contributed by atoms with E-state index in [2.05, 4.69) is 0 Å². The fourth-order valence-electron chi connectivity index (χ4n) is 3.77. The number of hydrogen-bond donors (Lipinski definition) is 1. The van der Waals surface area contributed by atoms with Gasteiger partial charge in [-0.2, -0.15) is 0 Å². The lowest BCUT2D eigenvalue weighted by atomic mass is 9.73. The minimum atomic E-state index is -1.06. The Morgan fingerprint density at radius 2 is 1.55 bits per heavy atom. The van der Waals surface area contributed by atoms with Crippen molar-refractivity contribution < 1.29 is 19.1 Å². The highest BCUT2D eigenvalue weighted by atomic mass is 35.5. The maximum Gasteiger partial charge on any atom is 0.179 e. The van der Waals surface area contributed by atoms with Crippen LogP contribution in [0.1, 0.15) is 51.7 Å². The molecule has 0 aliphatic carbocycles. The van der Waals surface area contributed by atoms with Gasteiger partial charge in [-0.25, -0.2) is 0 Å². The predicted octanol–water partition coefficient (Wildman–Crippen LogP) is 5.09. The van der Waals surface area contributed by atoms with Crippen LogP contribution in [0.4, 0.5) is 5.69 Å². The average Bonchev–Trinajstić information content (AvgIpc) is 2.63. The second kappa shape index (κ2) is 7.47. The molecule has 0 spiro atoms. The summed E-state index contributed by atoms with van der Waals surface area (Å²) in [4.78, 5) is 26.3. The van der Waals surface area contributed by atoms with Crippen LogP contribution in [-0.4, -0.2) is 22.8 Å². The third-order valence-corrected chi connectivity index (χ3v) is 5.57. The van der Waals surface area contributed by atoms with Gasteiger partial charge in [0.25, 0.3) is 0 Å². The van der Waals surface area contributed by atoms with Crippen LogP contribution in [0.5, 0.6) is 11.5 Å². The number of halogens is 1. The van der Waals surface area contributed by atoms with Gasteiger partial charge in [-0.3, -0.25) is 9.59 Å². The lowest BCUT2D eigenvalue weighted by Gasteiger charge is -2.43. The zero-order valence-electron chi connectivity index (χ0n) is 17.3. The molecule has 1 aliphatic rings. The summed E-state index contributed by atoms with van der Waals surface area (Å²) < 4.78 is 11.7. The average molecular weight is 416 g/mol. The quantitative estimate of drug-likeness (QED) is 0.556. The van der Waals surface area contributed by atoms with Gasteiger partial charge in [0, 0.05) is 6.07 Å². The minimum absolute atomic E-state index is 0.246. The zero-order chi connectivity index (χ0) is 21.6. The Morgan fingerprint density at radius 1 is 1.00 bits per heavy atom. The van der Waals surface area contributed by atoms with Gasteiger partial charge in [-0.05, 0) is 69.5 Å². The molecule has 0 bridgehead atoms. The largest absolute Gasteiger partial charge is 0.457 e. The predicted molar refractivity (Wildman–Crippen MR) is 114 cm³/mol. The number of nitrogens with two attached hydrogens (primary N) is 1. The van der Waals surface area contributed by atoms with E-state index in [-0.39, 0.29) is 11.6 Å². The third kappa shape index (κ3) is 4.02. The molecule has 0 amide bonds. The van der Waals surface area contributed by atoms with Crippen LogP contribution in [0.25, 0.3) is 0 Å². The molecule has 1 fully saturated rings. The van der Waals surface area contributed by atoms with E-state index in [0.29, 0.717) is 34.2 Å². The van der Waals surface area contributed by atoms with Gasteiger partial charge in [0.1, 0.15) is 28.6 Å². The van der Waals surface area contributed by atoms with Crippen molar-refractivity contribution in [1.82, 2.24) is 0 Å². The molecule has 5 nitrogen and oxygen atoms in total. The molecule has 1 saturated heterocycles. The summed E-state index contributed by atoms with van der Waals surface area (Å²) in [6, 6.07) is 10.5.